The lowest BCUT2D eigenvalue weighted by molar-refractivity contribution is 0.0690. The molecule has 0 fully saturated rings. The highest BCUT2D eigenvalue weighted by Crippen LogP contribution is 2.16. The molecule has 0 spiro atoms. The maximum absolute atomic E-state index is 13.5. The molecule has 4 nitrogen and oxygen atoms in total. The second kappa shape index (κ2) is 4.20. The van der Waals surface area contributed by atoms with Crippen molar-refractivity contribution in [2.24, 2.45) is 0 Å². The summed E-state index contributed by atoms with van der Waals surface area (Å²) in [6.45, 7) is 0. The van der Waals surface area contributed by atoms with Crippen LogP contribution in [0.2, 0.25) is 0 Å². The monoisotopic (exact) mass is 332 g/mol. The molecule has 0 radical (unpaired) electrons. The van der Waals surface area contributed by atoms with Crippen molar-refractivity contribution in [1.82, 2.24) is 9.78 Å². The van der Waals surface area contributed by atoms with E-state index in [1.54, 1.807) is 12.1 Å². The van der Waals surface area contributed by atoms with Gasteiger partial charge < -0.3 is 5.11 Å². The number of carboxylic acid groups (broad SMARTS) is 1. The molecular weight excluding hydrogens is 326 g/mol. The first-order valence-corrected chi connectivity index (χ1v) is 5.40. The average molecular weight is 332 g/mol. The summed E-state index contributed by atoms with van der Waals surface area (Å²) in [7, 11) is 0. The van der Waals surface area contributed by atoms with E-state index >= 15 is 0 Å². The summed E-state index contributed by atoms with van der Waals surface area (Å²) in [5.74, 6) is -1.57. The van der Waals surface area contributed by atoms with Gasteiger partial charge in [0.05, 0.1) is 0 Å². The normalized spacial score (nSPS) is 10.4. The SMILES string of the molecule is O=C(O)c1ccn(-c2ccc(I)cc2F)n1. The van der Waals surface area contributed by atoms with Crippen LogP contribution in [0.5, 0.6) is 0 Å². The van der Waals surface area contributed by atoms with E-state index in [4.69, 9.17) is 5.11 Å². The van der Waals surface area contributed by atoms with Crippen molar-refractivity contribution >= 4 is 28.6 Å². The van der Waals surface area contributed by atoms with Crippen molar-refractivity contribution in [2.75, 3.05) is 0 Å². The fourth-order valence-corrected chi connectivity index (χ4v) is 1.69. The Morgan fingerprint density at radius 2 is 2.19 bits per heavy atom. The Kier molecular flexibility index (Phi) is 2.90. The van der Waals surface area contributed by atoms with Gasteiger partial charge in [0.1, 0.15) is 11.5 Å². The van der Waals surface area contributed by atoms with Crippen molar-refractivity contribution in [3.63, 3.8) is 0 Å². The maximum Gasteiger partial charge on any atom is 0.356 e. The zero-order valence-electron chi connectivity index (χ0n) is 7.89. The van der Waals surface area contributed by atoms with Gasteiger partial charge in [0, 0.05) is 9.77 Å². The van der Waals surface area contributed by atoms with E-state index in [0.717, 1.165) is 3.57 Å². The number of aromatic carboxylic acids is 1. The summed E-state index contributed by atoms with van der Waals surface area (Å²) in [5.41, 5.74) is 0.117. The van der Waals surface area contributed by atoms with Crippen molar-refractivity contribution in [2.45, 2.75) is 0 Å². The Morgan fingerprint density at radius 3 is 2.75 bits per heavy atom. The van der Waals surface area contributed by atoms with E-state index in [-0.39, 0.29) is 11.4 Å². The number of halogens is 2. The number of hydrogen-bond donors (Lipinski definition) is 1. The lowest BCUT2D eigenvalue weighted by atomic mass is 10.3. The number of carboxylic acids is 1. The predicted molar refractivity (Wildman–Crippen MR) is 63.2 cm³/mol. The zero-order valence-corrected chi connectivity index (χ0v) is 10.1. The molecule has 2 rings (SSSR count). The Labute approximate surface area is 104 Å². The summed E-state index contributed by atoms with van der Waals surface area (Å²) in [6, 6.07) is 5.95. The van der Waals surface area contributed by atoms with E-state index in [2.05, 4.69) is 5.10 Å². The van der Waals surface area contributed by atoms with Gasteiger partial charge in [-0.25, -0.2) is 13.9 Å². The van der Waals surface area contributed by atoms with E-state index in [9.17, 15) is 9.18 Å². The quantitative estimate of drug-likeness (QED) is 0.859. The molecule has 1 aromatic heterocycles. The van der Waals surface area contributed by atoms with Crippen LogP contribution in [0.15, 0.2) is 30.5 Å². The van der Waals surface area contributed by atoms with Gasteiger partial charge in [-0.2, -0.15) is 5.10 Å². The standard InChI is InChI=1S/C10H6FIN2O2/c11-7-5-6(12)1-2-9(7)14-4-3-8(13-14)10(15)16/h1-5H,(H,15,16). The van der Waals surface area contributed by atoms with Crippen LogP contribution < -0.4 is 0 Å². The Hall–Kier alpha value is -1.44. The van der Waals surface area contributed by atoms with Gasteiger partial charge in [0.15, 0.2) is 5.69 Å². The highest BCUT2D eigenvalue weighted by atomic mass is 127. The first-order valence-electron chi connectivity index (χ1n) is 4.32. The molecule has 0 atom stereocenters. The summed E-state index contributed by atoms with van der Waals surface area (Å²) >= 11 is 1.99. The highest BCUT2D eigenvalue weighted by molar-refractivity contribution is 14.1. The maximum atomic E-state index is 13.5. The van der Waals surface area contributed by atoms with Crippen molar-refractivity contribution < 1.29 is 14.3 Å². The smallest absolute Gasteiger partial charge is 0.356 e. The van der Waals surface area contributed by atoms with Crippen molar-refractivity contribution in [1.29, 1.82) is 0 Å². The van der Waals surface area contributed by atoms with Crippen LogP contribution in [0.4, 0.5) is 4.39 Å². The molecule has 82 valence electrons. The Bertz CT molecular complexity index is 554. The molecule has 0 aliphatic rings. The highest BCUT2D eigenvalue weighted by Gasteiger charge is 2.10. The van der Waals surface area contributed by atoms with Crippen LogP contribution in [-0.4, -0.2) is 20.9 Å². The fraction of sp³-hybridized carbons (Fsp3) is 0. The molecule has 2 aromatic rings. The fourth-order valence-electron chi connectivity index (χ4n) is 1.24. The van der Waals surface area contributed by atoms with Gasteiger partial charge in [-0.15, -0.1) is 0 Å². The summed E-state index contributed by atoms with van der Waals surface area (Å²) in [4.78, 5) is 10.6. The lowest BCUT2D eigenvalue weighted by Gasteiger charge is -2.02. The number of nitrogens with zero attached hydrogens (tertiary/aromatic N) is 2. The van der Waals surface area contributed by atoms with Gasteiger partial charge in [0.25, 0.3) is 0 Å². The van der Waals surface area contributed by atoms with Crippen LogP contribution in [0.25, 0.3) is 5.69 Å². The van der Waals surface area contributed by atoms with Crippen LogP contribution >= 0.6 is 22.6 Å². The van der Waals surface area contributed by atoms with E-state index < -0.39 is 11.8 Å². The third-order valence-electron chi connectivity index (χ3n) is 1.96. The number of hydrogen-bond acceptors (Lipinski definition) is 2. The summed E-state index contributed by atoms with van der Waals surface area (Å²) in [6.07, 6.45) is 1.41. The third-order valence-corrected chi connectivity index (χ3v) is 2.64. The zero-order chi connectivity index (χ0) is 11.7. The van der Waals surface area contributed by atoms with Gasteiger partial charge in [0.2, 0.25) is 0 Å². The van der Waals surface area contributed by atoms with Crippen LogP contribution in [0, 0.1) is 9.39 Å². The molecule has 0 aliphatic carbocycles. The van der Waals surface area contributed by atoms with Crippen LogP contribution in [0.1, 0.15) is 10.5 Å². The first kappa shape index (κ1) is 11.1. The third kappa shape index (κ3) is 2.06. The molecule has 1 heterocycles. The second-order valence-electron chi connectivity index (χ2n) is 3.05. The number of rotatable bonds is 2. The van der Waals surface area contributed by atoms with E-state index in [0.29, 0.717) is 0 Å². The molecular formula is C10H6FIN2O2. The van der Waals surface area contributed by atoms with Crippen LogP contribution in [0.3, 0.4) is 0 Å². The second-order valence-corrected chi connectivity index (χ2v) is 4.29. The number of aromatic nitrogens is 2. The largest absolute Gasteiger partial charge is 0.476 e. The molecule has 0 bridgehead atoms. The topological polar surface area (TPSA) is 55.1 Å². The van der Waals surface area contributed by atoms with Gasteiger partial charge in [-0.1, -0.05) is 0 Å². The molecule has 0 unspecified atom stereocenters. The Morgan fingerprint density at radius 1 is 1.44 bits per heavy atom. The predicted octanol–water partition coefficient (Wildman–Crippen LogP) is 2.31. The van der Waals surface area contributed by atoms with Crippen molar-refractivity contribution in [3.05, 3.63) is 45.5 Å². The molecule has 16 heavy (non-hydrogen) atoms. The minimum atomic E-state index is -1.13. The number of carbonyl (C=O) groups is 1. The van der Waals surface area contributed by atoms with Gasteiger partial charge in [-0.05, 0) is 46.9 Å². The van der Waals surface area contributed by atoms with Gasteiger partial charge in [-0.3, -0.25) is 0 Å². The molecule has 6 heteroatoms. The number of benzene rings is 1. The molecule has 1 N–H and O–H groups in total. The Balaban J connectivity index is 2.46. The summed E-state index contributed by atoms with van der Waals surface area (Å²) < 4.78 is 15.5. The van der Waals surface area contributed by atoms with E-state index in [1.165, 1.54) is 23.0 Å². The van der Waals surface area contributed by atoms with Crippen LogP contribution in [-0.2, 0) is 0 Å². The summed E-state index contributed by atoms with van der Waals surface area (Å²) in [5, 5.41) is 12.4. The van der Waals surface area contributed by atoms with Gasteiger partial charge >= 0.3 is 5.97 Å². The average Bonchev–Trinajstić information content (AvgIpc) is 2.66. The first-order chi connectivity index (χ1) is 7.58. The molecule has 0 saturated carbocycles. The molecule has 1 aromatic carbocycles. The molecule has 0 aliphatic heterocycles. The minimum Gasteiger partial charge on any atom is -0.476 e. The minimum absolute atomic E-state index is 0.113. The molecule has 0 amide bonds. The lowest BCUT2D eigenvalue weighted by Crippen LogP contribution is -2.02. The molecule has 0 saturated heterocycles. The van der Waals surface area contributed by atoms with Crippen molar-refractivity contribution in [3.8, 4) is 5.69 Å². The van der Waals surface area contributed by atoms with E-state index in [1.807, 2.05) is 22.6 Å².